The molecule has 31 heavy (non-hydrogen) atoms. The monoisotopic (exact) mass is 411 g/mol. The number of carbonyl (C=O) groups excluding carboxylic acids is 1. The predicted molar refractivity (Wildman–Crippen MR) is 119 cm³/mol. The lowest BCUT2D eigenvalue weighted by Crippen LogP contribution is -2.23. The second-order valence-electron chi connectivity index (χ2n) is 7.07. The highest BCUT2D eigenvalue weighted by atomic mass is 16.5. The molecule has 0 saturated heterocycles. The molecule has 1 amide bonds. The van der Waals surface area contributed by atoms with Gasteiger partial charge in [0, 0.05) is 17.1 Å². The second kappa shape index (κ2) is 8.20. The molecule has 0 unspecified atom stereocenters. The highest BCUT2D eigenvalue weighted by molar-refractivity contribution is 6.07. The number of methoxy groups -OCH3 is 1. The molecule has 0 saturated carbocycles. The first-order valence-corrected chi connectivity index (χ1v) is 9.70. The number of imidazole rings is 1. The van der Waals surface area contributed by atoms with Crippen molar-refractivity contribution in [1.29, 1.82) is 5.26 Å². The summed E-state index contributed by atoms with van der Waals surface area (Å²) in [6.45, 7) is 3.94. The molecule has 0 radical (unpaired) electrons. The van der Waals surface area contributed by atoms with E-state index in [2.05, 4.69) is 15.0 Å². The largest absolute Gasteiger partial charge is 0.497 e. The van der Waals surface area contributed by atoms with Crippen molar-refractivity contribution in [2.75, 3.05) is 12.5 Å². The molecule has 1 N–H and O–H groups in total. The van der Waals surface area contributed by atoms with E-state index in [1.54, 1.807) is 13.2 Å². The molecule has 0 bridgehead atoms. The van der Waals surface area contributed by atoms with Gasteiger partial charge in [0.25, 0.3) is 5.91 Å². The van der Waals surface area contributed by atoms with Crippen LogP contribution in [0.15, 0.2) is 66.5 Å². The van der Waals surface area contributed by atoms with E-state index >= 15 is 0 Å². The number of ether oxygens (including phenoxy) is 1. The summed E-state index contributed by atoms with van der Waals surface area (Å²) in [5.41, 5.74) is 7.94. The molecule has 7 nitrogen and oxygen atoms in total. The lowest BCUT2D eigenvalue weighted by Gasteiger charge is -2.10. The third-order valence-corrected chi connectivity index (χ3v) is 5.14. The Kier molecular flexibility index (Phi) is 5.29. The number of fused-ring (bicyclic) bond motifs is 1. The van der Waals surface area contributed by atoms with Crippen LogP contribution < -0.4 is 10.2 Å². The standard InChI is InChI=1S/C24H21N5O2/c1-16-12-18(17(2)29(16)20-8-10-21(31-3)11-9-20)13-19(14-25)24(30)27-28-15-26-22-6-4-5-7-23(22)28/h4-13,15H,1-3H3,(H,27,30)/b19-13+. The van der Waals surface area contributed by atoms with Gasteiger partial charge in [0.05, 0.1) is 18.1 Å². The Morgan fingerprint density at radius 3 is 2.61 bits per heavy atom. The maximum Gasteiger partial charge on any atom is 0.280 e. The van der Waals surface area contributed by atoms with Crippen molar-refractivity contribution in [1.82, 2.24) is 14.2 Å². The van der Waals surface area contributed by atoms with Gasteiger partial charge in [0.2, 0.25) is 0 Å². The van der Waals surface area contributed by atoms with Crippen LogP contribution >= 0.6 is 0 Å². The first kappa shape index (κ1) is 20.0. The normalized spacial score (nSPS) is 11.4. The van der Waals surface area contributed by atoms with Gasteiger partial charge in [-0.05, 0) is 68.0 Å². The molecule has 2 aromatic heterocycles. The number of para-hydroxylation sites is 2. The summed E-state index contributed by atoms with van der Waals surface area (Å²) in [5.74, 6) is 0.279. The topological polar surface area (TPSA) is 84.9 Å². The maximum absolute atomic E-state index is 12.8. The van der Waals surface area contributed by atoms with Gasteiger partial charge in [-0.15, -0.1) is 0 Å². The third kappa shape index (κ3) is 3.79. The quantitative estimate of drug-likeness (QED) is 0.395. The zero-order chi connectivity index (χ0) is 22.0. The van der Waals surface area contributed by atoms with E-state index in [9.17, 15) is 10.1 Å². The van der Waals surface area contributed by atoms with E-state index in [1.807, 2.05) is 74.5 Å². The van der Waals surface area contributed by atoms with Crippen LogP contribution in [0, 0.1) is 25.2 Å². The fourth-order valence-electron chi connectivity index (χ4n) is 3.58. The molecule has 4 aromatic rings. The molecule has 7 heteroatoms. The van der Waals surface area contributed by atoms with E-state index in [0.717, 1.165) is 39.4 Å². The van der Waals surface area contributed by atoms with E-state index in [-0.39, 0.29) is 5.57 Å². The molecule has 0 aliphatic rings. The first-order chi connectivity index (χ1) is 15.0. The van der Waals surface area contributed by atoms with E-state index in [1.165, 1.54) is 11.0 Å². The van der Waals surface area contributed by atoms with Gasteiger partial charge in [-0.1, -0.05) is 12.1 Å². The number of aryl methyl sites for hydroxylation is 1. The molecular weight excluding hydrogens is 390 g/mol. The van der Waals surface area contributed by atoms with Gasteiger partial charge in [0.1, 0.15) is 23.7 Å². The fourth-order valence-corrected chi connectivity index (χ4v) is 3.58. The van der Waals surface area contributed by atoms with Crippen LogP contribution in [0.2, 0.25) is 0 Å². The molecule has 0 spiro atoms. The minimum Gasteiger partial charge on any atom is -0.497 e. The Morgan fingerprint density at radius 1 is 1.16 bits per heavy atom. The molecule has 0 aliphatic carbocycles. The summed E-state index contributed by atoms with van der Waals surface area (Å²) in [6, 6.07) is 19.1. The van der Waals surface area contributed by atoms with Gasteiger partial charge in [0.15, 0.2) is 0 Å². The summed E-state index contributed by atoms with van der Waals surface area (Å²) in [6.07, 6.45) is 3.13. The van der Waals surface area contributed by atoms with Crippen LogP contribution in [0.25, 0.3) is 22.8 Å². The molecule has 0 atom stereocenters. The molecule has 0 fully saturated rings. The predicted octanol–water partition coefficient (Wildman–Crippen LogP) is 4.13. The number of aromatic nitrogens is 3. The lowest BCUT2D eigenvalue weighted by molar-refractivity contribution is -0.113. The number of hydrogen-bond donors (Lipinski definition) is 1. The van der Waals surface area contributed by atoms with Crippen molar-refractivity contribution in [3.63, 3.8) is 0 Å². The van der Waals surface area contributed by atoms with Crippen molar-refractivity contribution in [2.45, 2.75) is 13.8 Å². The van der Waals surface area contributed by atoms with Gasteiger partial charge >= 0.3 is 0 Å². The number of nitrogens with zero attached hydrogens (tertiary/aromatic N) is 4. The van der Waals surface area contributed by atoms with Crippen molar-refractivity contribution in [2.24, 2.45) is 0 Å². The van der Waals surface area contributed by atoms with Crippen LogP contribution in [-0.4, -0.2) is 27.2 Å². The van der Waals surface area contributed by atoms with Crippen molar-refractivity contribution in [3.8, 4) is 17.5 Å². The van der Waals surface area contributed by atoms with E-state index in [4.69, 9.17) is 4.74 Å². The van der Waals surface area contributed by atoms with Gasteiger partial charge in [-0.2, -0.15) is 5.26 Å². The smallest absolute Gasteiger partial charge is 0.280 e. The highest BCUT2D eigenvalue weighted by Gasteiger charge is 2.15. The number of amides is 1. The van der Waals surface area contributed by atoms with Crippen LogP contribution in [0.5, 0.6) is 5.75 Å². The van der Waals surface area contributed by atoms with Gasteiger partial charge in [-0.3, -0.25) is 10.2 Å². The van der Waals surface area contributed by atoms with Crippen molar-refractivity contribution < 1.29 is 9.53 Å². The Bertz CT molecular complexity index is 1340. The summed E-state index contributed by atoms with van der Waals surface area (Å²) in [7, 11) is 1.63. The minimum atomic E-state index is -0.500. The molecule has 154 valence electrons. The van der Waals surface area contributed by atoms with Gasteiger partial charge < -0.3 is 9.30 Å². The van der Waals surface area contributed by atoms with Gasteiger partial charge in [-0.25, -0.2) is 9.66 Å². The van der Waals surface area contributed by atoms with Crippen LogP contribution in [0.4, 0.5) is 0 Å². The summed E-state index contributed by atoms with van der Waals surface area (Å²) in [5, 5.41) is 9.62. The number of nitrogens with one attached hydrogen (secondary N) is 1. The maximum atomic E-state index is 12.8. The average Bonchev–Trinajstić information content (AvgIpc) is 3.32. The SMILES string of the molecule is COc1ccc(-n2c(C)cc(/C=C(\C#N)C(=O)Nn3cnc4ccccc43)c2C)cc1. The lowest BCUT2D eigenvalue weighted by atomic mass is 10.1. The van der Waals surface area contributed by atoms with E-state index < -0.39 is 5.91 Å². The summed E-state index contributed by atoms with van der Waals surface area (Å²) < 4.78 is 8.82. The molecular formula is C24H21N5O2. The molecule has 2 aromatic carbocycles. The Balaban J connectivity index is 1.64. The second-order valence-corrected chi connectivity index (χ2v) is 7.07. The van der Waals surface area contributed by atoms with Crippen LogP contribution in [-0.2, 0) is 4.79 Å². The first-order valence-electron chi connectivity index (χ1n) is 9.70. The molecule has 0 aliphatic heterocycles. The van der Waals surface area contributed by atoms with Crippen LogP contribution in [0.1, 0.15) is 17.0 Å². The molecule has 4 rings (SSSR count). The van der Waals surface area contributed by atoms with E-state index in [0.29, 0.717) is 0 Å². The summed E-state index contributed by atoms with van der Waals surface area (Å²) >= 11 is 0. The number of carbonyl (C=O) groups is 1. The zero-order valence-electron chi connectivity index (χ0n) is 17.5. The Hall–Kier alpha value is -4.31. The Labute approximate surface area is 179 Å². The summed E-state index contributed by atoms with van der Waals surface area (Å²) in [4.78, 5) is 17.0. The molecule has 2 heterocycles. The minimum absolute atomic E-state index is 0.00719. The highest BCUT2D eigenvalue weighted by Crippen LogP contribution is 2.24. The van der Waals surface area contributed by atoms with Crippen molar-refractivity contribution in [3.05, 3.63) is 83.4 Å². The third-order valence-electron chi connectivity index (χ3n) is 5.14. The average molecular weight is 411 g/mol. The number of benzene rings is 2. The fraction of sp³-hybridized carbons (Fsp3) is 0.125. The zero-order valence-corrected chi connectivity index (χ0v) is 17.5. The Morgan fingerprint density at radius 2 is 1.90 bits per heavy atom. The number of nitriles is 1. The number of rotatable bonds is 5. The number of hydrogen-bond acceptors (Lipinski definition) is 4. The van der Waals surface area contributed by atoms with Crippen LogP contribution in [0.3, 0.4) is 0 Å². The van der Waals surface area contributed by atoms with Crippen molar-refractivity contribution >= 4 is 23.0 Å².